The van der Waals surface area contributed by atoms with Crippen LogP contribution in [0.2, 0.25) is 0 Å². The van der Waals surface area contributed by atoms with E-state index in [-0.39, 0.29) is 6.42 Å². The molecule has 4 nitrogen and oxygen atoms in total. The molecule has 1 rings (SSSR count). The first-order chi connectivity index (χ1) is 9.04. The Labute approximate surface area is 115 Å². The second-order valence-corrected chi connectivity index (χ2v) is 4.90. The highest BCUT2D eigenvalue weighted by Gasteiger charge is 2.13. The Morgan fingerprint density at radius 1 is 1.32 bits per heavy atom. The Bertz CT molecular complexity index is 404. The molecule has 1 N–H and O–H groups in total. The van der Waals surface area contributed by atoms with Gasteiger partial charge in [-0.1, -0.05) is 24.3 Å². The molecule has 106 valence electrons. The predicted octanol–water partition coefficient (Wildman–Crippen LogP) is 2.17. The molecule has 1 aromatic rings. The van der Waals surface area contributed by atoms with Crippen LogP contribution in [0, 0.1) is 0 Å². The third-order valence-electron chi connectivity index (χ3n) is 3.15. The summed E-state index contributed by atoms with van der Waals surface area (Å²) < 4.78 is 5.12. The standard InChI is InChI=1S/C15H23NO3/c1-12(2)16(8-9-19-3)11-14-7-5-4-6-13(14)10-15(17)18/h4-7,12H,8-11H2,1-3H3,(H,17,18). The van der Waals surface area contributed by atoms with Gasteiger partial charge in [-0.25, -0.2) is 0 Å². The number of rotatable bonds is 8. The highest BCUT2D eigenvalue weighted by Crippen LogP contribution is 2.14. The number of carbonyl (C=O) groups is 1. The molecule has 0 aliphatic rings. The summed E-state index contributed by atoms with van der Waals surface area (Å²) >= 11 is 0. The summed E-state index contributed by atoms with van der Waals surface area (Å²) in [5.74, 6) is -0.791. The molecule has 0 atom stereocenters. The third-order valence-corrected chi connectivity index (χ3v) is 3.15. The first-order valence-corrected chi connectivity index (χ1v) is 6.56. The molecule has 0 aliphatic heterocycles. The van der Waals surface area contributed by atoms with Gasteiger partial charge in [0.25, 0.3) is 0 Å². The molecule has 0 fully saturated rings. The molecule has 0 aromatic heterocycles. The fraction of sp³-hybridized carbons (Fsp3) is 0.533. The van der Waals surface area contributed by atoms with Gasteiger partial charge in [-0.05, 0) is 25.0 Å². The highest BCUT2D eigenvalue weighted by atomic mass is 16.5. The summed E-state index contributed by atoms with van der Waals surface area (Å²) in [6.45, 7) is 6.55. The zero-order chi connectivity index (χ0) is 14.3. The Kier molecular flexibility index (Phi) is 6.53. The number of nitrogens with zero attached hydrogens (tertiary/aromatic N) is 1. The van der Waals surface area contributed by atoms with E-state index in [9.17, 15) is 4.79 Å². The van der Waals surface area contributed by atoms with Crippen molar-refractivity contribution in [1.82, 2.24) is 4.90 Å². The van der Waals surface area contributed by atoms with E-state index in [1.165, 1.54) is 0 Å². The monoisotopic (exact) mass is 265 g/mol. The van der Waals surface area contributed by atoms with Crippen molar-refractivity contribution in [2.75, 3.05) is 20.3 Å². The van der Waals surface area contributed by atoms with Gasteiger partial charge in [0.15, 0.2) is 0 Å². The van der Waals surface area contributed by atoms with Crippen molar-refractivity contribution in [2.45, 2.75) is 32.9 Å². The fourth-order valence-electron chi connectivity index (χ4n) is 1.99. The molecule has 1 aromatic carbocycles. The van der Waals surface area contributed by atoms with E-state index < -0.39 is 5.97 Å². The van der Waals surface area contributed by atoms with Crippen molar-refractivity contribution in [3.05, 3.63) is 35.4 Å². The topological polar surface area (TPSA) is 49.8 Å². The largest absolute Gasteiger partial charge is 0.481 e. The lowest BCUT2D eigenvalue weighted by Crippen LogP contribution is -2.33. The number of carboxylic acid groups (broad SMARTS) is 1. The minimum atomic E-state index is -0.791. The number of hydrogen-bond acceptors (Lipinski definition) is 3. The van der Waals surface area contributed by atoms with Gasteiger partial charge in [0.1, 0.15) is 0 Å². The Hall–Kier alpha value is -1.39. The van der Waals surface area contributed by atoms with Crippen LogP contribution in [0.4, 0.5) is 0 Å². The van der Waals surface area contributed by atoms with Gasteiger partial charge < -0.3 is 9.84 Å². The molecule has 0 radical (unpaired) electrons. The molecule has 4 heteroatoms. The molecule has 0 amide bonds. The lowest BCUT2D eigenvalue weighted by atomic mass is 10.0. The van der Waals surface area contributed by atoms with Gasteiger partial charge in [0.2, 0.25) is 0 Å². The van der Waals surface area contributed by atoms with Gasteiger partial charge in [-0.2, -0.15) is 0 Å². The van der Waals surface area contributed by atoms with Crippen LogP contribution in [0.3, 0.4) is 0 Å². The summed E-state index contributed by atoms with van der Waals surface area (Å²) in [5.41, 5.74) is 1.97. The van der Waals surface area contributed by atoms with Crippen LogP contribution < -0.4 is 0 Å². The first kappa shape index (κ1) is 15.7. The van der Waals surface area contributed by atoms with Crippen molar-refractivity contribution in [1.29, 1.82) is 0 Å². The molecule has 0 saturated carbocycles. The zero-order valence-electron chi connectivity index (χ0n) is 11.9. The summed E-state index contributed by atoms with van der Waals surface area (Å²) in [6.07, 6.45) is 0.0758. The van der Waals surface area contributed by atoms with E-state index in [1.807, 2.05) is 24.3 Å². The van der Waals surface area contributed by atoms with Crippen LogP contribution in [0.1, 0.15) is 25.0 Å². The third kappa shape index (κ3) is 5.41. The Morgan fingerprint density at radius 3 is 2.47 bits per heavy atom. The summed E-state index contributed by atoms with van der Waals surface area (Å²) in [5, 5.41) is 8.94. The minimum Gasteiger partial charge on any atom is -0.481 e. The number of hydrogen-bond donors (Lipinski definition) is 1. The van der Waals surface area contributed by atoms with Crippen LogP contribution in [-0.4, -0.2) is 42.3 Å². The number of ether oxygens (including phenoxy) is 1. The van der Waals surface area contributed by atoms with Gasteiger partial charge >= 0.3 is 5.97 Å². The minimum absolute atomic E-state index is 0.0758. The summed E-state index contributed by atoms with van der Waals surface area (Å²) in [4.78, 5) is 13.2. The van der Waals surface area contributed by atoms with Crippen molar-refractivity contribution >= 4 is 5.97 Å². The van der Waals surface area contributed by atoms with E-state index in [0.29, 0.717) is 12.6 Å². The van der Waals surface area contributed by atoms with E-state index in [4.69, 9.17) is 9.84 Å². The average Bonchev–Trinajstić information content (AvgIpc) is 2.35. The van der Waals surface area contributed by atoms with Crippen molar-refractivity contribution in [3.63, 3.8) is 0 Å². The van der Waals surface area contributed by atoms with E-state index in [2.05, 4.69) is 18.7 Å². The fourth-order valence-corrected chi connectivity index (χ4v) is 1.99. The predicted molar refractivity (Wildman–Crippen MR) is 75.2 cm³/mol. The molecule has 0 heterocycles. The maximum Gasteiger partial charge on any atom is 0.307 e. The Balaban J connectivity index is 2.80. The second-order valence-electron chi connectivity index (χ2n) is 4.90. The smallest absolute Gasteiger partial charge is 0.307 e. The van der Waals surface area contributed by atoms with Crippen LogP contribution >= 0.6 is 0 Å². The van der Waals surface area contributed by atoms with Crippen molar-refractivity contribution in [3.8, 4) is 0 Å². The normalized spacial score (nSPS) is 11.2. The number of carboxylic acids is 1. The quantitative estimate of drug-likeness (QED) is 0.782. The number of aliphatic carboxylic acids is 1. The van der Waals surface area contributed by atoms with Crippen molar-refractivity contribution in [2.24, 2.45) is 0 Å². The molecule has 0 saturated heterocycles. The maximum atomic E-state index is 10.9. The molecule has 0 spiro atoms. The van der Waals surface area contributed by atoms with Gasteiger partial charge in [-0.15, -0.1) is 0 Å². The maximum absolute atomic E-state index is 10.9. The molecular weight excluding hydrogens is 242 g/mol. The van der Waals surface area contributed by atoms with Gasteiger partial charge in [0.05, 0.1) is 13.0 Å². The second kappa shape index (κ2) is 7.92. The Morgan fingerprint density at radius 2 is 1.95 bits per heavy atom. The molecule has 0 aliphatic carbocycles. The van der Waals surface area contributed by atoms with E-state index >= 15 is 0 Å². The average molecular weight is 265 g/mol. The zero-order valence-corrected chi connectivity index (χ0v) is 11.9. The lowest BCUT2D eigenvalue weighted by Gasteiger charge is -2.27. The number of methoxy groups -OCH3 is 1. The summed E-state index contributed by atoms with van der Waals surface area (Å²) in [6, 6.07) is 8.12. The van der Waals surface area contributed by atoms with Gasteiger partial charge in [0, 0.05) is 26.2 Å². The van der Waals surface area contributed by atoms with Crippen LogP contribution in [-0.2, 0) is 22.5 Å². The number of benzene rings is 1. The molecule has 0 unspecified atom stereocenters. The summed E-state index contributed by atoms with van der Waals surface area (Å²) in [7, 11) is 1.69. The van der Waals surface area contributed by atoms with Gasteiger partial charge in [-0.3, -0.25) is 9.69 Å². The molecular formula is C15H23NO3. The molecule has 0 bridgehead atoms. The highest BCUT2D eigenvalue weighted by molar-refractivity contribution is 5.70. The SMILES string of the molecule is COCCN(Cc1ccccc1CC(=O)O)C(C)C. The van der Waals surface area contributed by atoms with Crippen LogP contribution in [0.5, 0.6) is 0 Å². The van der Waals surface area contributed by atoms with Crippen molar-refractivity contribution < 1.29 is 14.6 Å². The van der Waals surface area contributed by atoms with Crippen LogP contribution in [0.15, 0.2) is 24.3 Å². The first-order valence-electron chi connectivity index (χ1n) is 6.56. The van der Waals surface area contributed by atoms with Crippen LogP contribution in [0.25, 0.3) is 0 Å². The van der Waals surface area contributed by atoms with E-state index in [0.717, 1.165) is 24.2 Å². The molecule has 19 heavy (non-hydrogen) atoms. The lowest BCUT2D eigenvalue weighted by molar-refractivity contribution is -0.136. The van der Waals surface area contributed by atoms with E-state index in [1.54, 1.807) is 7.11 Å².